The van der Waals surface area contributed by atoms with Crippen LogP contribution in [0.25, 0.3) is 33.5 Å². The standard InChI is InChI=1S/C31H22IN5O7/c1-3-42-26-14-18(13-22(32)29(26)44-28-12-11-19(17-33-28)37(39)40)16-34-36-30(35-23-8-5-4-7-20(23)31(36)38)27-15-21-24(41-2)9-6-10-25(21)43-27/h4-17H,3H2,1-2H3. The molecule has 6 rings (SSSR count). The molecule has 0 aliphatic heterocycles. The van der Waals surface area contributed by atoms with Crippen LogP contribution in [-0.4, -0.2) is 39.5 Å². The van der Waals surface area contributed by atoms with Crippen molar-refractivity contribution in [3.05, 3.63) is 109 Å². The van der Waals surface area contributed by atoms with E-state index in [2.05, 4.69) is 32.7 Å². The number of pyridine rings is 1. The Kier molecular flexibility index (Phi) is 7.93. The molecular weight excluding hydrogens is 681 g/mol. The second kappa shape index (κ2) is 12.1. The van der Waals surface area contributed by atoms with Crippen molar-refractivity contribution in [3.8, 4) is 34.7 Å². The van der Waals surface area contributed by atoms with Crippen LogP contribution in [0.4, 0.5) is 5.69 Å². The summed E-state index contributed by atoms with van der Waals surface area (Å²) in [5.41, 5.74) is 1.16. The fourth-order valence-electron chi connectivity index (χ4n) is 4.51. The molecule has 0 aliphatic carbocycles. The predicted molar refractivity (Wildman–Crippen MR) is 172 cm³/mol. The number of para-hydroxylation sites is 1. The van der Waals surface area contributed by atoms with Gasteiger partial charge in [0.05, 0.1) is 44.7 Å². The Bertz CT molecular complexity index is 2120. The van der Waals surface area contributed by atoms with Crippen molar-refractivity contribution in [2.24, 2.45) is 5.10 Å². The van der Waals surface area contributed by atoms with Crippen molar-refractivity contribution in [2.45, 2.75) is 6.92 Å². The van der Waals surface area contributed by atoms with Gasteiger partial charge in [-0.05, 0) is 77.5 Å². The van der Waals surface area contributed by atoms with Crippen molar-refractivity contribution < 1.29 is 23.6 Å². The molecule has 0 radical (unpaired) electrons. The summed E-state index contributed by atoms with van der Waals surface area (Å²) in [6, 6.07) is 20.4. The van der Waals surface area contributed by atoms with E-state index in [0.29, 0.717) is 55.2 Å². The summed E-state index contributed by atoms with van der Waals surface area (Å²) in [4.78, 5) is 32.9. The van der Waals surface area contributed by atoms with E-state index in [4.69, 9.17) is 23.6 Å². The SMILES string of the molecule is CCOc1cc(C=Nn2c(-c3cc4c(OC)cccc4o3)nc3ccccc3c2=O)cc(I)c1Oc1ccc([N+](=O)[O-])cn1. The minimum Gasteiger partial charge on any atom is -0.496 e. The highest BCUT2D eigenvalue weighted by atomic mass is 127. The van der Waals surface area contributed by atoms with Gasteiger partial charge in [-0.3, -0.25) is 14.9 Å². The second-order valence-corrected chi connectivity index (χ2v) is 10.4. The molecule has 0 bridgehead atoms. The Morgan fingerprint density at radius 3 is 2.66 bits per heavy atom. The third-order valence-corrected chi connectivity index (χ3v) is 7.31. The number of methoxy groups -OCH3 is 1. The van der Waals surface area contributed by atoms with Gasteiger partial charge in [-0.25, -0.2) is 9.97 Å². The molecule has 44 heavy (non-hydrogen) atoms. The van der Waals surface area contributed by atoms with E-state index < -0.39 is 4.92 Å². The van der Waals surface area contributed by atoms with Crippen molar-refractivity contribution >= 4 is 56.4 Å². The minimum absolute atomic E-state index is 0.150. The number of furan rings is 1. The molecule has 3 aromatic heterocycles. The smallest absolute Gasteiger partial charge is 0.287 e. The van der Waals surface area contributed by atoms with Crippen LogP contribution in [0.1, 0.15) is 12.5 Å². The summed E-state index contributed by atoms with van der Waals surface area (Å²) in [5.74, 6) is 2.12. The highest BCUT2D eigenvalue weighted by Crippen LogP contribution is 2.37. The van der Waals surface area contributed by atoms with Gasteiger partial charge in [0.15, 0.2) is 17.3 Å². The summed E-state index contributed by atoms with van der Waals surface area (Å²) in [7, 11) is 1.58. The van der Waals surface area contributed by atoms with Crippen LogP contribution in [0.15, 0.2) is 93.3 Å². The maximum Gasteiger partial charge on any atom is 0.287 e. The number of fused-ring (bicyclic) bond motifs is 2. The Morgan fingerprint density at radius 1 is 1.07 bits per heavy atom. The van der Waals surface area contributed by atoms with Crippen molar-refractivity contribution in [1.29, 1.82) is 0 Å². The molecule has 6 aromatic rings. The van der Waals surface area contributed by atoms with Gasteiger partial charge in [-0.1, -0.05) is 18.2 Å². The quantitative estimate of drug-likeness (QED) is 0.0687. The summed E-state index contributed by atoms with van der Waals surface area (Å²) in [6.45, 7) is 2.17. The number of ether oxygens (including phenoxy) is 3. The number of nitrogens with zero attached hydrogens (tertiary/aromatic N) is 5. The van der Waals surface area contributed by atoms with Crippen LogP contribution in [0.2, 0.25) is 0 Å². The Labute approximate surface area is 262 Å². The van der Waals surface area contributed by atoms with Crippen LogP contribution >= 0.6 is 22.6 Å². The average Bonchev–Trinajstić information content (AvgIpc) is 3.47. The number of hydrogen-bond acceptors (Lipinski definition) is 10. The van der Waals surface area contributed by atoms with Crippen LogP contribution in [0.5, 0.6) is 23.1 Å². The van der Waals surface area contributed by atoms with Crippen LogP contribution in [0.3, 0.4) is 0 Å². The molecule has 0 N–H and O–H groups in total. The molecule has 3 aromatic carbocycles. The van der Waals surface area contributed by atoms with Gasteiger partial charge in [0.25, 0.3) is 11.2 Å². The van der Waals surface area contributed by atoms with Gasteiger partial charge in [0.2, 0.25) is 11.7 Å². The zero-order valence-electron chi connectivity index (χ0n) is 23.3. The summed E-state index contributed by atoms with van der Waals surface area (Å²) >= 11 is 2.09. The first-order valence-corrected chi connectivity index (χ1v) is 14.3. The highest BCUT2D eigenvalue weighted by Gasteiger charge is 2.19. The predicted octanol–water partition coefficient (Wildman–Crippen LogP) is 6.80. The van der Waals surface area contributed by atoms with Gasteiger partial charge in [-0.2, -0.15) is 9.78 Å². The fraction of sp³-hybridized carbons (Fsp3) is 0.0968. The molecule has 12 nitrogen and oxygen atoms in total. The summed E-state index contributed by atoms with van der Waals surface area (Å²) < 4.78 is 25.2. The number of hydrogen-bond donors (Lipinski definition) is 0. The first-order valence-electron chi connectivity index (χ1n) is 13.2. The lowest BCUT2D eigenvalue weighted by atomic mass is 10.2. The molecule has 0 spiro atoms. The van der Waals surface area contributed by atoms with Crippen molar-refractivity contribution in [3.63, 3.8) is 0 Å². The number of rotatable bonds is 9. The van der Waals surface area contributed by atoms with Gasteiger partial charge < -0.3 is 18.6 Å². The maximum atomic E-state index is 13.7. The third-order valence-electron chi connectivity index (χ3n) is 6.51. The molecule has 3 heterocycles. The Morgan fingerprint density at radius 2 is 1.91 bits per heavy atom. The first-order chi connectivity index (χ1) is 21.4. The van der Waals surface area contributed by atoms with E-state index in [1.807, 2.05) is 19.1 Å². The zero-order valence-corrected chi connectivity index (χ0v) is 25.4. The van der Waals surface area contributed by atoms with E-state index >= 15 is 0 Å². The number of nitro groups is 1. The lowest BCUT2D eigenvalue weighted by molar-refractivity contribution is -0.385. The van der Waals surface area contributed by atoms with Gasteiger partial charge in [-0.15, -0.1) is 0 Å². The zero-order chi connectivity index (χ0) is 30.8. The lowest BCUT2D eigenvalue weighted by Gasteiger charge is -2.14. The van der Waals surface area contributed by atoms with E-state index in [-0.39, 0.29) is 23.0 Å². The molecule has 0 aliphatic rings. The fourth-order valence-corrected chi connectivity index (χ4v) is 5.24. The first kappa shape index (κ1) is 28.8. The largest absolute Gasteiger partial charge is 0.496 e. The molecule has 0 unspecified atom stereocenters. The van der Waals surface area contributed by atoms with E-state index in [9.17, 15) is 14.9 Å². The summed E-state index contributed by atoms with van der Waals surface area (Å²) in [6.07, 6.45) is 2.64. The molecule has 0 saturated heterocycles. The maximum absolute atomic E-state index is 13.7. The van der Waals surface area contributed by atoms with Gasteiger partial charge in [0, 0.05) is 12.1 Å². The molecule has 0 atom stereocenters. The van der Waals surface area contributed by atoms with E-state index in [0.717, 1.165) is 11.6 Å². The molecule has 0 saturated carbocycles. The third kappa shape index (κ3) is 5.56. The Hall–Kier alpha value is -5.31. The normalized spacial score (nSPS) is 11.3. The molecule has 220 valence electrons. The van der Waals surface area contributed by atoms with Gasteiger partial charge >= 0.3 is 0 Å². The van der Waals surface area contributed by atoms with Crippen LogP contribution < -0.4 is 19.8 Å². The minimum atomic E-state index is -0.535. The monoisotopic (exact) mass is 703 g/mol. The van der Waals surface area contributed by atoms with Crippen LogP contribution in [-0.2, 0) is 0 Å². The van der Waals surface area contributed by atoms with Crippen LogP contribution in [0, 0.1) is 13.7 Å². The van der Waals surface area contributed by atoms with Crippen molar-refractivity contribution in [2.75, 3.05) is 13.7 Å². The van der Waals surface area contributed by atoms with Gasteiger partial charge in [0.1, 0.15) is 17.5 Å². The topological polar surface area (TPSA) is 144 Å². The molecule has 13 heteroatoms. The Balaban J connectivity index is 1.43. The van der Waals surface area contributed by atoms with E-state index in [1.54, 1.807) is 55.6 Å². The number of aromatic nitrogens is 3. The number of halogens is 1. The van der Waals surface area contributed by atoms with E-state index in [1.165, 1.54) is 23.0 Å². The average molecular weight is 703 g/mol. The number of benzene rings is 3. The molecule has 0 fully saturated rings. The van der Waals surface area contributed by atoms with Crippen molar-refractivity contribution in [1.82, 2.24) is 14.6 Å². The summed E-state index contributed by atoms with van der Waals surface area (Å²) in [5, 5.41) is 16.7. The lowest BCUT2D eigenvalue weighted by Crippen LogP contribution is -2.20. The molecule has 0 amide bonds. The highest BCUT2D eigenvalue weighted by molar-refractivity contribution is 14.1. The second-order valence-electron chi connectivity index (χ2n) is 9.27. The molecular formula is C31H22IN5O7.